The second kappa shape index (κ2) is 5.46. The third-order valence-electron chi connectivity index (χ3n) is 3.36. The van der Waals surface area contributed by atoms with Crippen LogP contribution < -0.4 is 5.32 Å². The molecule has 6 heteroatoms. The van der Waals surface area contributed by atoms with Crippen molar-refractivity contribution in [3.63, 3.8) is 0 Å². The van der Waals surface area contributed by atoms with Gasteiger partial charge in [-0.3, -0.25) is 9.59 Å². The molecular weight excluding hydrogens is 224 g/mol. The number of nitrogens with zero attached hydrogens (tertiary/aromatic N) is 1. The van der Waals surface area contributed by atoms with Gasteiger partial charge in [-0.25, -0.2) is 0 Å². The van der Waals surface area contributed by atoms with Gasteiger partial charge in [-0.15, -0.1) is 0 Å². The molecular formula is C11H18N2O4. The highest BCUT2D eigenvalue weighted by Crippen LogP contribution is 2.18. The number of hydrogen-bond acceptors (Lipinski definition) is 4. The van der Waals surface area contributed by atoms with Crippen LogP contribution in [0.5, 0.6) is 0 Å². The Morgan fingerprint density at radius 2 is 2.00 bits per heavy atom. The molecule has 6 nitrogen and oxygen atoms in total. The third kappa shape index (κ3) is 2.95. The Balaban J connectivity index is 1.83. The number of carbonyl (C=O) groups excluding carboxylic acids is 1. The van der Waals surface area contributed by atoms with Crippen molar-refractivity contribution in [2.45, 2.75) is 18.9 Å². The fourth-order valence-electron chi connectivity index (χ4n) is 2.27. The predicted octanol–water partition coefficient (Wildman–Crippen LogP) is -0.702. The van der Waals surface area contributed by atoms with Crippen molar-refractivity contribution in [3.05, 3.63) is 0 Å². The molecule has 1 unspecified atom stereocenters. The molecule has 0 bridgehead atoms. The van der Waals surface area contributed by atoms with Gasteiger partial charge in [-0.05, 0) is 12.8 Å². The van der Waals surface area contributed by atoms with Crippen LogP contribution in [0.25, 0.3) is 0 Å². The predicted molar refractivity (Wildman–Crippen MR) is 59.5 cm³/mol. The molecule has 0 saturated carbocycles. The summed E-state index contributed by atoms with van der Waals surface area (Å²) in [5.41, 5.74) is 0. The Hall–Kier alpha value is -1.14. The number of carboxylic acids is 1. The Bertz CT molecular complexity index is 294. The molecule has 1 amide bonds. The maximum atomic E-state index is 12.0. The largest absolute Gasteiger partial charge is 0.481 e. The molecule has 96 valence electrons. The summed E-state index contributed by atoms with van der Waals surface area (Å²) in [6.07, 6.45) is 0.688. The van der Waals surface area contributed by atoms with Crippen LogP contribution in [-0.4, -0.2) is 60.8 Å². The molecule has 0 radical (unpaired) electrons. The molecule has 2 saturated heterocycles. The molecule has 0 aromatic rings. The first kappa shape index (κ1) is 12.3. The van der Waals surface area contributed by atoms with Gasteiger partial charge < -0.3 is 20.1 Å². The van der Waals surface area contributed by atoms with E-state index in [4.69, 9.17) is 9.84 Å². The number of likely N-dealkylation sites (tertiary alicyclic amines) is 1. The summed E-state index contributed by atoms with van der Waals surface area (Å²) in [6, 6.07) is 0. The topological polar surface area (TPSA) is 78.9 Å². The highest BCUT2D eigenvalue weighted by atomic mass is 16.5. The zero-order chi connectivity index (χ0) is 12.3. The number of ether oxygens (including phenoxy) is 1. The zero-order valence-electron chi connectivity index (χ0n) is 9.72. The summed E-state index contributed by atoms with van der Waals surface area (Å²) in [5.74, 6) is -1.07. The summed E-state index contributed by atoms with van der Waals surface area (Å²) in [7, 11) is 0. The normalized spacial score (nSPS) is 26.8. The van der Waals surface area contributed by atoms with Crippen molar-refractivity contribution < 1.29 is 19.4 Å². The number of piperidine rings is 1. The number of hydrogen-bond donors (Lipinski definition) is 2. The van der Waals surface area contributed by atoms with E-state index in [0.29, 0.717) is 39.1 Å². The molecule has 0 aromatic carbocycles. The molecule has 17 heavy (non-hydrogen) atoms. The number of rotatable bonds is 2. The van der Waals surface area contributed by atoms with Crippen LogP contribution in [-0.2, 0) is 14.3 Å². The van der Waals surface area contributed by atoms with Crippen LogP contribution in [0.4, 0.5) is 0 Å². The van der Waals surface area contributed by atoms with E-state index in [-0.39, 0.29) is 11.8 Å². The van der Waals surface area contributed by atoms with E-state index in [2.05, 4.69) is 5.32 Å². The van der Waals surface area contributed by atoms with Crippen molar-refractivity contribution in [1.29, 1.82) is 0 Å². The molecule has 2 fully saturated rings. The zero-order valence-corrected chi connectivity index (χ0v) is 9.72. The lowest BCUT2D eigenvalue weighted by molar-refractivity contribution is -0.151. The summed E-state index contributed by atoms with van der Waals surface area (Å²) in [6.45, 7) is 2.94. The number of carboxylic acid groups (broad SMARTS) is 1. The van der Waals surface area contributed by atoms with Gasteiger partial charge >= 0.3 is 5.97 Å². The van der Waals surface area contributed by atoms with Gasteiger partial charge in [0.25, 0.3) is 5.91 Å². The van der Waals surface area contributed by atoms with E-state index < -0.39 is 12.1 Å². The van der Waals surface area contributed by atoms with Crippen LogP contribution in [0.3, 0.4) is 0 Å². The van der Waals surface area contributed by atoms with E-state index in [1.54, 1.807) is 4.90 Å². The van der Waals surface area contributed by atoms with Crippen LogP contribution in [0, 0.1) is 5.92 Å². The second-order valence-electron chi connectivity index (χ2n) is 4.50. The maximum Gasteiger partial charge on any atom is 0.306 e. The Labute approximate surface area is 99.9 Å². The quantitative estimate of drug-likeness (QED) is 0.669. The molecule has 2 rings (SSSR count). The molecule has 1 atom stereocenters. The van der Waals surface area contributed by atoms with Crippen molar-refractivity contribution in [3.8, 4) is 0 Å². The second-order valence-corrected chi connectivity index (χ2v) is 4.50. The van der Waals surface area contributed by atoms with E-state index in [1.165, 1.54) is 0 Å². The standard InChI is InChI=1S/C11H18N2O4/c14-10(9-7-12-3-6-17-9)13-4-1-8(2-5-13)11(15)16/h8-9,12H,1-7H2,(H,15,16). The van der Waals surface area contributed by atoms with E-state index >= 15 is 0 Å². The first-order valence-electron chi connectivity index (χ1n) is 6.02. The lowest BCUT2D eigenvalue weighted by Crippen LogP contribution is -2.51. The van der Waals surface area contributed by atoms with E-state index in [9.17, 15) is 9.59 Å². The summed E-state index contributed by atoms with van der Waals surface area (Å²) in [5, 5.41) is 12.0. The summed E-state index contributed by atoms with van der Waals surface area (Å²) < 4.78 is 5.40. The van der Waals surface area contributed by atoms with Gasteiger partial charge in [-0.2, -0.15) is 0 Å². The Morgan fingerprint density at radius 3 is 2.53 bits per heavy atom. The molecule has 2 N–H and O–H groups in total. The number of nitrogens with one attached hydrogen (secondary N) is 1. The van der Waals surface area contributed by atoms with Crippen LogP contribution in [0.2, 0.25) is 0 Å². The highest BCUT2D eigenvalue weighted by Gasteiger charge is 2.31. The summed E-state index contributed by atoms with van der Waals surface area (Å²) >= 11 is 0. The van der Waals surface area contributed by atoms with Crippen molar-refractivity contribution >= 4 is 11.9 Å². The van der Waals surface area contributed by atoms with Gasteiger partial charge in [0.05, 0.1) is 12.5 Å². The average Bonchev–Trinajstić information content (AvgIpc) is 2.39. The number of amides is 1. The number of morpholine rings is 1. The first-order chi connectivity index (χ1) is 8.18. The SMILES string of the molecule is O=C(O)C1CCN(C(=O)C2CNCCO2)CC1. The van der Waals surface area contributed by atoms with Crippen molar-refractivity contribution in [1.82, 2.24) is 10.2 Å². The third-order valence-corrected chi connectivity index (χ3v) is 3.36. The van der Waals surface area contributed by atoms with Crippen LogP contribution in [0.1, 0.15) is 12.8 Å². The minimum absolute atomic E-state index is 0.0129. The molecule has 2 aliphatic heterocycles. The molecule has 2 heterocycles. The van der Waals surface area contributed by atoms with Gasteiger partial charge in [0, 0.05) is 26.2 Å². The minimum Gasteiger partial charge on any atom is -0.481 e. The van der Waals surface area contributed by atoms with Crippen LogP contribution in [0.15, 0.2) is 0 Å². The van der Waals surface area contributed by atoms with Gasteiger partial charge in [0.1, 0.15) is 6.10 Å². The Kier molecular flexibility index (Phi) is 3.96. The smallest absolute Gasteiger partial charge is 0.306 e. The molecule has 2 aliphatic rings. The summed E-state index contributed by atoms with van der Waals surface area (Å²) in [4.78, 5) is 24.6. The van der Waals surface area contributed by atoms with Gasteiger partial charge in [0.2, 0.25) is 0 Å². The maximum absolute atomic E-state index is 12.0. The molecule has 0 aliphatic carbocycles. The monoisotopic (exact) mass is 242 g/mol. The van der Waals surface area contributed by atoms with Crippen LogP contribution >= 0.6 is 0 Å². The fourth-order valence-corrected chi connectivity index (χ4v) is 2.27. The lowest BCUT2D eigenvalue weighted by Gasteiger charge is -2.34. The average molecular weight is 242 g/mol. The van der Waals surface area contributed by atoms with E-state index in [1.807, 2.05) is 0 Å². The fraction of sp³-hybridized carbons (Fsp3) is 0.818. The highest BCUT2D eigenvalue weighted by molar-refractivity contribution is 5.81. The van der Waals surface area contributed by atoms with E-state index in [0.717, 1.165) is 6.54 Å². The van der Waals surface area contributed by atoms with Gasteiger partial charge in [0.15, 0.2) is 0 Å². The van der Waals surface area contributed by atoms with Crippen molar-refractivity contribution in [2.75, 3.05) is 32.8 Å². The molecule has 0 spiro atoms. The minimum atomic E-state index is -0.757. The molecule has 0 aromatic heterocycles. The van der Waals surface area contributed by atoms with Gasteiger partial charge in [-0.1, -0.05) is 0 Å². The number of aliphatic carboxylic acids is 1. The number of carbonyl (C=O) groups is 2. The lowest BCUT2D eigenvalue weighted by atomic mass is 9.97. The van der Waals surface area contributed by atoms with Crippen molar-refractivity contribution in [2.24, 2.45) is 5.92 Å². The Morgan fingerprint density at radius 1 is 1.29 bits per heavy atom. The first-order valence-corrected chi connectivity index (χ1v) is 6.02.